The van der Waals surface area contributed by atoms with Gasteiger partial charge in [0, 0.05) is 27.9 Å². The van der Waals surface area contributed by atoms with Crippen LogP contribution in [0.4, 0.5) is 0 Å². The number of aromatic amines is 1. The van der Waals surface area contributed by atoms with E-state index < -0.39 is 12.0 Å². The van der Waals surface area contributed by atoms with Gasteiger partial charge in [-0.1, -0.05) is 24.3 Å². The molecule has 1 aliphatic rings. The van der Waals surface area contributed by atoms with Gasteiger partial charge in [0.05, 0.1) is 6.04 Å². The van der Waals surface area contributed by atoms with Crippen molar-refractivity contribution in [1.29, 1.82) is 0 Å². The van der Waals surface area contributed by atoms with Gasteiger partial charge in [0.15, 0.2) is 0 Å². The molecule has 1 aliphatic heterocycles. The monoisotopic (exact) mass is 298 g/mol. The fourth-order valence-corrected chi connectivity index (χ4v) is 3.87. The van der Waals surface area contributed by atoms with Gasteiger partial charge in [0.25, 0.3) is 0 Å². The minimum Gasteiger partial charge on any atom is -0.480 e. The molecule has 4 rings (SSSR count). The van der Waals surface area contributed by atoms with E-state index in [1.165, 1.54) is 0 Å². The third-order valence-electron chi connectivity index (χ3n) is 4.04. The molecule has 3 N–H and O–H groups in total. The molecule has 21 heavy (non-hydrogen) atoms. The molecule has 5 heteroatoms. The topological polar surface area (TPSA) is 65.1 Å². The van der Waals surface area contributed by atoms with Crippen LogP contribution < -0.4 is 5.32 Å². The molecular weight excluding hydrogens is 284 g/mol. The molecule has 0 radical (unpaired) electrons. The van der Waals surface area contributed by atoms with Gasteiger partial charge in [0.2, 0.25) is 0 Å². The Morgan fingerprint density at radius 1 is 1.24 bits per heavy atom. The van der Waals surface area contributed by atoms with Crippen LogP contribution in [0, 0.1) is 0 Å². The number of hydrogen-bond donors (Lipinski definition) is 3. The van der Waals surface area contributed by atoms with E-state index in [-0.39, 0.29) is 6.04 Å². The molecule has 2 atom stereocenters. The number of carboxylic acids is 1. The number of rotatable bonds is 2. The number of fused-ring (bicyclic) bond motifs is 3. The minimum absolute atomic E-state index is 0.0813. The summed E-state index contributed by atoms with van der Waals surface area (Å²) >= 11 is 1.64. The largest absolute Gasteiger partial charge is 0.480 e. The summed E-state index contributed by atoms with van der Waals surface area (Å²) in [6.45, 7) is 0. The number of carboxylic acid groups (broad SMARTS) is 1. The Balaban J connectivity index is 1.92. The number of aromatic nitrogens is 1. The number of nitrogens with one attached hydrogen (secondary N) is 2. The quantitative estimate of drug-likeness (QED) is 0.681. The zero-order chi connectivity index (χ0) is 14.4. The van der Waals surface area contributed by atoms with Crippen molar-refractivity contribution in [1.82, 2.24) is 10.3 Å². The highest BCUT2D eigenvalue weighted by molar-refractivity contribution is 7.10. The van der Waals surface area contributed by atoms with Gasteiger partial charge in [-0.2, -0.15) is 0 Å². The second kappa shape index (κ2) is 4.72. The highest BCUT2D eigenvalue weighted by atomic mass is 32.1. The van der Waals surface area contributed by atoms with Crippen LogP contribution in [0.2, 0.25) is 0 Å². The molecule has 0 amide bonds. The zero-order valence-electron chi connectivity index (χ0n) is 11.2. The van der Waals surface area contributed by atoms with Crippen LogP contribution in [0.3, 0.4) is 0 Å². The first-order chi connectivity index (χ1) is 10.2. The third-order valence-corrected chi connectivity index (χ3v) is 4.97. The molecule has 0 fully saturated rings. The van der Waals surface area contributed by atoms with E-state index in [2.05, 4.69) is 16.4 Å². The van der Waals surface area contributed by atoms with Crippen LogP contribution in [0.15, 0.2) is 41.8 Å². The summed E-state index contributed by atoms with van der Waals surface area (Å²) in [4.78, 5) is 16.1. The van der Waals surface area contributed by atoms with Crippen molar-refractivity contribution in [3.05, 3.63) is 57.9 Å². The van der Waals surface area contributed by atoms with E-state index in [1.54, 1.807) is 11.3 Å². The summed E-state index contributed by atoms with van der Waals surface area (Å²) in [5.41, 5.74) is 3.28. The molecule has 3 aromatic rings. The van der Waals surface area contributed by atoms with Crippen LogP contribution in [-0.4, -0.2) is 22.1 Å². The van der Waals surface area contributed by atoms with E-state index in [1.807, 2.05) is 35.7 Å². The maximum absolute atomic E-state index is 11.5. The average molecular weight is 298 g/mol. The van der Waals surface area contributed by atoms with E-state index >= 15 is 0 Å². The number of benzene rings is 1. The smallest absolute Gasteiger partial charge is 0.321 e. The van der Waals surface area contributed by atoms with Crippen LogP contribution in [-0.2, 0) is 11.2 Å². The van der Waals surface area contributed by atoms with Crippen molar-refractivity contribution in [2.24, 2.45) is 0 Å². The van der Waals surface area contributed by atoms with Gasteiger partial charge < -0.3 is 10.1 Å². The Kier molecular flexibility index (Phi) is 2.83. The Bertz CT molecular complexity index is 807. The predicted octanol–water partition coefficient (Wildman–Crippen LogP) is 2.92. The SMILES string of the molecule is O=C(O)[C@H]1Cc2c([nH]c3ccccc23)[C@H](c2cccs2)N1. The van der Waals surface area contributed by atoms with Gasteiger partial charge in [-0.25, -0.2) is 0 Å². The van der Waals surface area contributed by atoms with Crippen LogP contribution in [0.1, 0.15) is 22.2 Å². The average Bonchev–Trinajstić information content (AvgIpc) is 3.13. The molecule has 0 saturated carbocycles. The second-order valence-electron chi connectivity index (χ2n) is 5.27. The molecule has 4 nitrogen and oxygen atoms in total. The predicted molar refractivity (Wildman–Crippen MR) is 82.7 cm³/mol. The molecule has 0 spiro atoms. The Labute approximate surface area is 125 Å². The first kappa shape index (κ1) is 12.6. The molecule has 0 saturated heterocycles. The van der Waals surface area contributed by atoms with Crippen molar-refractivity contribution in [2.75, 3.05) is 0 Å². The maximum Gasteiger partial charge on any atom is 0.321 e. The molecule has 2 aromatic heterocycles. The number of para-hydroxylation sites is 1. The number of thiophene rings is 1. The summed E-state index contributed by atoms with van der Waals surface area (Å²) in [6.07, 6.45) is 0.510. The minimum atomic E-state index is -0.799. The third kappa shape index (κ3) is 1.97. The van der Waals surface area contributed by atoms with Gasteiger partial charge in [0.1, 0.15) is 6.04 Å². The number of H-pyrrole nitrogens is 1. The Morgan fingerprint density at radius 3 is 2.86 bits per heavy atom. The number of hydrogen-bond acceptors (Lipinski definition) is 3. The van der Waals surface area contributed by atoms with Crippen molar-refractivity contribution < 1.29 is 9.90 Å². The summed E-state index contributed by atoms with van der Waals surface area (Å²) in [7, 11) is 0. The second-order valence-corrected chi connectivity index (χ2v) is 6.25. The molecule has 0 aliphatic carbocycles. The van der Waals surface area contributed by atoms with E-state index in [9.17, 15) is 9.90 Å². The van der Waals surface area contributed by atoms with Crippen LogP contribution in [0.5, 0.6) is 0 Å². The molecule has 106 valence electrons. The molecular formula is C16H14N2O2S. The first-order valence-corrected chi connectivity index (χ1v) is 7.74. The highest BCUT2D eigenvalue weighted by Crippen LogP contribution is 2.36. The summed E-state index contributed by atoms with van der Waals surface area (Å²) < 4.78 is 0. The summed E-state index contributed by atoms with van der Waals surface area (Å²) in [5, 5.41) is 15.8. The zero-order valence-corrected chi connectivity index (χ0v) is 12.0. The fourth-order valence-electron chi connectivity index (χ4n) is 3.07. The van der Waals surface area contributed by atoms with Crippen molar-refractivity contribution in [2.45, 2.75) is 18.5 Å². The summed E-state index contributed by atoms with van der Waals surface area (Å²) in [5.74, 6) is -0.799. The molecule has 0 unspecified atom stereocenters. The van der Waals surface area contributed by atoms with Gasteiger partial charge in [-0.15, -0.1) is 11.3 Å². The van der Waals surface area contributed by atoms with Gasteiger partial charge in [-0.05, 0) is 23.1 Å². The maximum atomic E-state index is 11.5. The molecule has 1 aromatic carbocycles. The van der Waals surface area contributed by atoms with Crippen LogP contribution >= 0.6 is 11.3 Å². The fraction of sp³-hybridized carbons (Fsp3) is 0.188. The molecule has 3 heterocycles. The highest BCUT2D eigenvalue weighted by Gasteiger charge is 2.34. The van der Waals surface area contributed by atoms with Crippen molar-refractivity contribution in [3.8, 4) is 0 Å². The van der Waals surface area contributed by atoms with Gasteiger partial charge >= 0.3 is 5.97 Å². The lowest BCUT2D eigenvalue weighted by atomic mass is 9.93. The van der Waals surface area contributed by atoms with E-state index in [0.29, 0.717) is 6.42 Å². The lowest BCUT2D eigenvalue weighted by molar-refractivity contribution is -0.139. The van der Waals surface area contributed by atoms with Crippen molar-refractivity contribution in [3.63, 3.8) is 0 Å². The first-order valence-electron chi connectivity index (χ1n) is 6.86. The Morgan fingerprint density at radius 2 is 2.10 bits per heavy atom. The number of carbonyl (C=O) groups is 1. The lowest BCUT2D eigenvalue weighted by Crippen LogP contribution is -2.44. The van der Waals surface area contributed by atoms with Crippen LogP contribution in [0.25, 0.3) is 10.9 Å². The standard InChI is InChI=1S/C16H14N2O2S/c19-16(20)12-8-10-9-4-1-2-5-11(9)17-14(10)15(18-12)13-6-3-7-21-13/h1-7,12,15,17-18H,8H2,(H,19,20)/t12-,15+/m1/s1. The van der Waals surface area contributed by atoms with Crippen molar-refractivity contribution >= 4 is 28.2 Å². The Hall–Kier alpha value is -2.11. The summed E-state index contributed by atoms with van der Waals surface area (Å²) in [6, 6.07) is 11.5. The number of aliphatic carboxylic acids is 1. The lowest BCUT2D eigenvalue weighted by Gasteiger charge is -2.28. The van der Waals surface area contributed by atoms with E-state index in [0.717, 1.165) is 27.0 Å². The normalized spacial score (nSPS) is 21.3. The van der Waals surface area contributed by atoms with E-state index in [4.69, 9.17) is 0 Å². The molecule has 0 bridgehead atoms. The van der Waals surface area contributed by atoms with Gasteiger partial charge in [-0.3, -0.25) is 10.1 Å².